The molecule has 0 radical (unpaired) electrons. The van der Waals surface area contributed by atoms with Crippen LogP contribution < -0.4 is 14.8 Å². The van der Waals surface area contributed by atoms with Gasteiger partial charge in [-0.1, -0.05) is 18.2 Å². The lowest BCUT2D eigenvalue weighted by molar-refractivity contribution is -0.159. The van der Waals surface area contributed by atoms with E-state index in [0.29, 0.717) is 24.5 Å². The summed E-state index contributed by atoms with van der Waals surface area (Å²) in [4.78, 5) is 24.2. The monoisotopic (exact) mass is 347 g/mol. The summed E-state index contributed by atoms with van der Waals surface area (Å²) in [5.74, 6) is 0.444. The van der Waals surface area contributed by atoms with E-state index in [0.717, 1.165) is 18.4 Å². The fourth-order valence-corrected chi connectivity index (χ4v) is 2.66. The smallest absolute Gasteiger partial charge is 0.310 e. The van der Waals surface area contributed by atoms with Crippen molar-refractivity contribution in [1.82, 2.24) is 5.32 Å². The minimum atomic E-state index is -0.821. The highest BCUT2D eigenvalue weighted by Crippen LogP contribution is 2.27. The average Bonchev–Trinajstić information content (AvgIpc) is 2.66. The second-order valence-corrected chi connectivity index (χ2v) is 5.97. The molecule has 0 saturated heterocycles. The van der Waals surface area contributed by atoms with Gasteiger partial charge in [0.15, 0.2) is 17.6 Å². The molecule has 6 heteroatoms. The standard InChI is InChI=1S/C19H25NO5/c1-13(25-19(22)15-7-5-4-6-8-15)18(21)20-12-14-9-10-16(23-2)17(11-14)24-3/h4-5,9-11,13,15H,6-8,12H2,1-3H3,(H,20,21)/t13-,15-/m1/s1. The minimum absolute atomic E-state index is 0.147. The summed E-state index contributed by atoms with van der Waals surface area (Å²) in [5, 5.41) is 2.77. The number of rotatable bonds is 7. The van der Waals surface area contributed by atoms with Crippen LogP contribution in [0.2, 0.25) is 0 Å². The first-order chi connectivity index (χ1) is 12.0. The first-order valence-corrected chi connectivity index (χ1v) is 8.39. The SMILES string of the molecule is COc1ccc(CNC(=O)[C@@H](C)OC(=O)[C@@H]2CC=CCC2)cc1OC. The predicted octanol–water partition coefficient (Wildman–Crippen LogP) is 2.61. The molecule has 0 bridgehead atoms. The molecule has 0 saturated carbocycles. The van der Waals surface area contributed by atoms with E-state index in [1.807, 2.05) is 12.1 Å². The summed E-state index contributed by atoms with van der Waals surface area (Å²) in [6, 6.07) is 5.41. The van der Waals surface area contributed by atoms with Crippen LogP contribution in [0.3, 0.4) is 0 Å². The Kier molecular flexibility index (Phi) is 6.86. The number of methoxy groups -OCH3 is 2. The Labute approximate surface area is 148 Å². The van der Waals surface area contributed by atoms with Gasteiger partial charge in [-0.25, -0.2) is 0 Å². The number of benzene rings is 1. The highest BCUT2D eigenvalue weighted by atomic mass is 16.5. The van der Waals surface area contributed by atoms with Gasteiger partial charge < -0.3 is 19.5 Å². The number of allylic oxidation sites excluding steroid dienone is 2. The molecular weight excluding hydrogens is 322 g/mol. The lowest BCUT2D eigenvalue weighted by Gasteiger charge is -2.19. The van der Waals surface area contributed by atoms with Gasteiger partial charge in [-0.2, -0.15) is 0 Å². The third-order valence-electron chi connectivity index (χ3n) is 4.18. The first-order valence-electron chi connectivity index (χ1n) is 8.39. The maximum absolute atomic E-state index is 12.2. The third kappa shape index (κ3) is 5.24. The minimum Gasteiger partial charge on any atom is -0.493 e. The van der Waals surface area contributed by atoms with E-state index in [9.17, 15) is 9.59 Å². The molecule has 0 unspecified atom stereocenters. The maximum Gasteiger partial charge on any atom is 0.310 e. The Balaban J connectivity index is 1.84. The average molecular weight is 347 g/mol. The van der Waals surface area contributed by atoms with Crippen molar-refractivity contribution in [3.63, 3.8) is 0 Å². The van der Waals surface area contributed by atoms with Crippen molar-refractivity contribution in [3.05, 3.63) is 35.9 Å². The summed E-state index contributed by atoms with van der Waals surface area (Å²) >= 11 is 0. The highest BCUT2D eigenvalue weighted by Gasteiger charge is 2.24. The van der Waals surface area contributed by atoms with Gasteiger partial charge in [0.25, 0.3) is 5.91 Å². The van der Waals surface area contributed by atoms with Gasteiger partial charge in [-0.15, -0.1) is 0 Å². The van der Waals surface area contributed by atoms with Crippen LogP contribution in [0.5, 0.6) is 11.5 Å². The fourth-order valence-electron chi connectivity index (χ4n) is 2.66. The molecule has 0 heterocycles. The van der Waals surface area contributed by atoms with E-state index in [4.69, 9.17) is 14.2 Å². The molecule has 2 rings (SSSR count). The van der Waals surface area contributed by atoms with E-state index in [1.54, 1.807) is 33.3 Å². The molecule has 1 aliphatic carbocycles. The number of hydrogen-bond donors (Lipinski definition) is 1. The van der Waals surface area contributed by atoms with Gasteiger partial charge in [-0.05, 0) is 43.9 Å². The van der Waals surface area contributed by atoms with Crippen LogP contribution in [0.15, 0.2) is 30.4 Å². The van der Waals surface area contributed by atoms with Gasteiger partial charge >= 0.3 is 5.97 Å². The van der Waals surface area contributed by atoms with Gasteiger partial charge in [0, 0.05) is 6.54 Å². The molecule has 1 aliphatic rings. The Morgan fingerprint density at radius 2 is 1.96 bits per heavy atom. The fraction of sp³-hybridized carbons (Fsp3) is 0.474. The van der Waals surface area contributed by atoms with Crippen LogP contribution >= 0.6 is 0 Å². The molecule has 136 valence electrons. The normalized spacial score (nSPS) is 17.5. The van der Waals surface area contributed by atoms with Crippen LogP contribution in [0, 0.1) is 5.92 Å². The van der Waals surface area contributed by atoms with Crippen LogP contribution in [0.1, 0.15) is 31.7 Å². The van der Waals surface area contributed by atoms with E-state index in [2.05, 4.69) is 11.4 Å². The number of amides is 1. The van der Waals surface area contributed by atoms with Crippen molar-refractivity contribution in [2.24, 2.45) is 5.92 Å². The van der Waals surface area contributed by atoms with E-state index in [1.165, 1.54) is 0 Å². The van der Waals surface area contributed by atoms with E-state index in [-0.39, 0.29) is 17.8 Å². The van der Waals surface area contributed by atoms with Gasteiger partial charge in [0.05, 0.1) is 20.1 Å². The zero-order valence-corrected chi connectivity index (χ0v) is 14.9. The van der Waals surface area contributed by atoms with Crippen molar-refractivity contribution >= 4 is 11.9 Å². The second-order valence-electron chi connectivity index (χ2n) is 5.97. The largest absolute Gasteiger partial charge is 0.493 e. The molecule has 2 atom stereocenters. The summed E-state index contributed by atoms with van der Waals surface area (Å²) in [5.41, 5.74) is 0.863. The molecule has 1 N–H and O–H groups in total. The predicted molar refractivity (Wildman–Crippen MR) is 93.4 cm³/mol. The highest BCUT2D eigenvalue weighted by molar-refractivity contribution is 5.84. The number of ether oxygens (including phenoxy) is 3. The van der Waals surface area contributed by atoms with E-state index >= 15 is 0 Å². The Bertz CT molecular complexity index is 641. The van der Waals surface area contributed by atoms with Crippen molar-refractivity contribution in [3.8, 4) is 11.5 Å². The topological polar surface area (TPSA) is 73.9 Å². The summed E-state index contributed by atoms with van der Waals surface area (Å²) in [6.45, 7) is 1.90. The third-order valence-corrected chi connectivity index (χ3v) is 4.18. The number of nitrogens with one attached hydrogen (secondary N) is 1. The number of hydrogen-bond acceptors (Lipinski definition) is 5. The molecule has 6 nitrogen and oxygen atoms in total. The van der Waals surface area contributed by atoms with Gasteiger partial charge in [0.2, 0.25) is 0 Å². The second kappa shape index (κ2) is 9.11. The number of carbonyl (C=O) groups excluding carboxylic acids is 2. The lowest BCUT2D eigenvalue weighted by atomic mass is 9.95. The zero-order valence-electron chi connectivity index (χ0n) is 14.9. The Morgan fingerprint density at radius 1 is 1.20 bits per heavy atom. The van der Waals surface area contributed by atoms with E-state index < -0.39 is 6.10 Å². The van der Waals surface area contributed by atoms with Gasteiger partial charge in [0.1, 0.15) is 0 Å². The van der Waals surface area contributed by atoms with Crippen molar-refractivity contribution < 1.29 is 23.8 Å². The quantitative estimate of drug-likeness (QED) is 0.606. The zero-order chi connectivity index (χ0) is 18.2. The van der Waals surface area contributed by atoms with Crippen molar-refractivity contribution in [1.29, 1.82) is 0 Å². The number of carbonyl (C=O) groups is 2. The molecule has 1 aromatic carbocycles. The van der Waals surface area contributed by atoms with Crippen LogP contribution in [0.25, 0.3) is 0 Å². The lowest BCUT2D eigenvalue weighted by Crippen LogP contribution is -2.36. The summed E-state index contributed by atoms with van der Waals surface area (Å²) in [6.07, 6.45) is 5.55. The number of esters is 1. The van der Waals surface area contributed by atoms with Crippen LogP contribution in [-0.2, 0) is 20.9 Å². The summed E-state index contributed by atoms with van der Waals surface area (Å²) in [7, 11) is 3.12. The van der Waals surface area contributed by atoms with Crippen LogP contribution in [-0.4, -0.2) is 32.2 Å². The molecule has 1 aromatic rings. The Hall–Kier alpha value is -2.50. The Morgan fingerprint density at radius 3 is 2.60 bits per heavy atom. The van der Waals surface area contributed by atoms with Crippen molar-refractivity contribution in [2.75, 3.05) is 14.2 Å². The molecule has 1 amide bonds. The molecular formula is C19H25NO5. The van der Waals surface area contributed by atoms with Crippen molar-refractivity contribution in [2.45, 2.75) is 38.8 Å². The first kappa shape index (κ1) is 18.8. The molecule has 25 heavy (non-hydrogen) atoms. The molecule has 0 spiro atoms. The van der Waals surface area contributed by atoms with Crippen LogP contribution in [0.4, 0.5) is 0 Å². The van der Waals surface area contributed by atoms with Gasteiger partial charge in [-0.3, -0.25) is 9.59 Å². The summed E-state index contributed by atoms with van der Waals surface area (Å²) < 4.78 is 15.7. The maximum atomic E-state index is 12.2. The molecule has 0 aliphatic heterocycles. The molecule has 0 fully saturated rings. The molecule has 0 aromatic heterocycles.